The number of rotatable bonds is 2. The topological polar surface area (TPSA) is 112 Å². The van der Waals surface area contributed by atoms with Crippen molar-refractivity contribution < 1.29 is 13.2 Å². The fourth-order valence-electron chi connectivity index (χ4n) is 2.52. The van der Waals surface area contributed by atoms with Crippen LogP contribution in [0.5, 0.6) is 0 Å². The van der Waals surface area contributed by atoms with Crippen molar-refractivity contribution in [3.8, 4) is 0 Å². The summed E-state index contributed by atoms with van der Waals surface area (Å²) in [6.45, 7) is 1.69. The molecule has 20 heavy (non-hydrogen) atoms. The number of nitrogens with one attached hydrogen (secondary N) is 3. The third kappa shape index (κ3) is 2.11. The third-order valence-electron chi connectivity index (χ3n) is 3.33. The molecule has 0 atom stereocenters. The first-order chi connectivity index (χ1) is 9.28. The van der Waals surface area contributed by atoms with Crippen LogP contribution in [0.1, 0.15) is 17.3 Å². The fourth-order valence-corrected chi connectivity index (χ4v) is 4.52. The number of benzene rings is 1. The van der Waals surface area contributed by atoms with Gasteiger partial charge in [0, 0.05) is 5.56 Å². The third-order valence-corrected chi connectivity index (χ3v) is 5.48. The number of carbonyl (C=O) groups is 1. The molecule has 0 saturated carbocycles. The quantitative estimate of drug-likeness (QED) is 0.710. The average molecular weight is 295 g/mol. The van der Waals surface area contributed by atoms with Crippen LogP contribution in [0.4, 0.5) is 0 Å². The number of fused-ring (bicyclic) bond motifs is 1. The van der Waals surface area contributed by atoms with Gasteiger partial charge < -0.3 is 5.32 Å². The van der Waals surface area contributed by atoms with Gasteiger partial charge in [-0.3, -0.25) is 19.8 Å². The maximum atomic E-state index is 12.1. The summed E-state index contributed by atoms with van der Waals surface area (Å²) in [4.78, 5) is 23.6. The normalized spacial score (nSPS) is 19.4. The zero-order chi connectivity index (χ0) is 14.5. The van der Waals surface area contributed by atoms with Gasteiger partial charge in [0.05, 0.1) is 27.9 Å². The first kappa shape index (κ1) is 12.9. The molecule has 3 N–H and O–H groups in total. The molecule has 1 aromatic heterocycles. The summed E-state index contributed by atoms with van der Waals surface area (Å²) in [5.74, 6) is -0.498. The van der Waals surface area contributed by atoms with Crippen LogP contribution in [0.2, 0.25) is 0 Å². The highest BCUT2D eigenvalue weighted by Gasteiger charge is 2.45. The summed E-state index contributed by atoms with van der Waals surface area (Å²) in [6.07, 6.45) is 0. The SMILES string of the molecule is CC1(NC(=O)c2ccc3[nH][nH]c(=O)c3c2)CS(=O)(=O)C1. The van der Waals surface area contributed by atoms with Crippen molar-refractivity contribution in [3.63, 3.8) is 0 Å². The van der Waals surface area contributed by atoms with Gasteiger partial charge in [-0.25, -0.2) is 8.42 Å². The Hall–Kier alpha value is -2.09. The molecule has 1 aromatic carbocycles. The number of H-pyrrole nitrogens is 2. The van der Waals surface area contributed by atoms with Gasteiger partial charge in [-0.05, 0) is 25.1 Å². The highest BCUT2D eigenvalue weighted by atomic mass is 32.2. The van der Waals surface area contributed by atoms with E-state index in [0.717, 1.165) is 0 Å². The Kier molecular flexibility index (Phi) is 2.55. The zero-order valence-electron chi connectivity index (χ0n) is 10.7. The molecule has 0 unspecified atom stereocenters. The Labute approximate surface area is 114 Å². The number of aromatic amines is 2. The molecule has 0 radical (unpaired) electrons. The highest BCUT2D eigenvalue weighted by Crippen LogP contribution is 2.23. The summed E-state index contributed by atoms with van der Waals surface area (Å²) in [5, 5.41) is 8.21. The lowest BCUT2D eigenvalue weighted by Gasteiger charge is -2.38. The minimum Gasteiger partial charge on any atom is -0.345 e. The summed E-state index contributed by atoms with van der Waals surface area (Å²) in [7, 11) is -3.02. The van der Waals surface area contributed by atoms with E-state index >= 15 is 0 Å². The number of sulfone groups is 1. The molecule has 8 heteroatoms. The van der Waals surface area contributed by atoms with Gasteiger partial charge in [0.1, 0.15) is 0 Å². The average Bonchev–Trinajstić information content (AvgIpc) is 2.67. The predicted octanol–water partition coefficient (Wildman–Crippen LogP) is -0.227. The Morgan fingerprint density at radius 2 is 2.00 bits per heavy atom. The van der Waals surface area contributed by atoms with Crippen LogP contribution in [-0.2, 0) is 9.84 Å². The second kappa shape index (κ2) is 3.95. The summed E-state index contributed by atoms with van der Waals surface area (Å²) < 4.78 is 22.4. The molecule has 1 fully saturated rings. The lowest BCUT2D eigenvalue weighted by atomic mass is 10.1. The Bertz CT molecular complexity index is 850. The molecular formula is C12H13N3O4S. The van der Waals surface area contributed by atoms with Crippen molar-refractivity contribution in [2.45, 2.75) is 12.5 Å². The summed E-state index contributed by atoms with van der Waals surface area (Å²) in [5.41, 5.74) is -0.0840. The fraction of sp³-hybridized carbons (Fsp3) is 0.333. The largest absolute Gasteiger partial charge is 0.345 e. The molecule has 1 amide bonds. The molecule has 2 aromatic rings. The molecule has 0 bridgehead atoms. The van der Waals surface area contributed by atoms with Crippen molar-refractivity contribution >= 4 is 26.6 Å². The smallest absolute Gasteiger partial charge is 0.271 e. The van der Waals surface area contributed by atoms with E-state index in [0.29, 0.717) is 16.5 Å². The first-order valence-electron chi connectivity index (χ1n) is 6.01. The van der Waals surface area contributed by atoms with Gasteiger partial charge >= 0.3 is 0 Å². The summed E-state index contributed by atoms with van der Waals surface area (Å²) >= 11 is 0. The van der Waals surface area contributed by atoms with Crippen LogP contribution in [0.3, 0.4) is 0 Å². The number of aromatic nitrogens is 2. The molecule has 1 aliphatic heterocycles. The minimum absolute atomic E-state index is 0.0568. The molecule has 106 valence electrons. The second-order valence-corrected chi connectivity index (χ2v) is 7.45. The second-order valence-electron chi connectivity index (χ2n) is 5.39. The molecule has 0 aliphatic carbocycles. The molecule has 2 heterocycles. The van der Waals surface area contributed by atoms with E-state index in [1.807, 2.05) is 0 Å². The maximum absolute atomic E-state index is 12.1. The van der Waals surface area contributed by atoms with Gasteiger partial charge in [0.25, 0.3) is 11.5 Å². The molecular weight excluding hydrogens is 282 g/mol. The lowest BCUT2D eigenvalue weighted by molar-refractivity contribution is 0.0917. The van der Waals surface area contributed by atoms with Gasteiger partial charge in [0.2, 0.25) is 0 Å². The van der Waals surface area contributed by atoms with Crippen LogP contribution >= 0.6 is 0 Å². The molecule has 7 nitrogen and oxygen atoms in total. The van der Waals surface area contributed by atoms with E-state index in [-0.39, 0.29) is 23.0 Å². The highest BCUT2D eigenvalue weighted by molar-refractivity contribution is 7.93. The van der Waals surface area contributed by atoms with Crippen molar-refractivity contribution in [2.24, 2.45) is 0 Å². The maximum Gasteiger partial charge on any atom is 0.271 e. The number of amides is 1. The van der Waals surface area contributed by atoms with E-state index in [1.54, 1.807) is 19.1 Å². The van der Waals surface area contributed by atoms with Crippen molar-refractivity contribution in [1.29, 1.82) is 0 Å². The molecule has 1 aliphatic rings. The molecule has 3 rings (SSSR count). The van der Waals surface area contributed by atoms with Gasteiger partial charge in [-0.15, -0.1) is 0 Å². The summed E-state index contributed by atoms with van der Waals surface area (Å²) in [6, 6.07) is 4.69. The van der Waals surface area contributed by atoms with Crippen LogP contribution in [0.15, 0.2) is 23.0 Å². The van der Waals surface area contributed by atoms with Crippen molar-refractivity contribution in [2.75, 3.05) is 11.5 Å². The van der Waals surface area contributed by atoms with Gasteiger partial charge in [-0.1, -0.05) is 0 Å². The Morgan fingerprint density at radius 1 is 1.30 bits per heavy atom. The molecule has 0 spiro atoms. The Balaban J connectivity index is 1.86. The monoisotopic (exact) mass is 295 g/mol. The minimum atomic E-state index is -3.02. The van der Waals surface area contributed by atoms with E-state index in [1.165, 1.54) is 6.07 Å². The number of hydrogen-bond donors (Lipinski definition) is 3. The van der Waals surface area contributed by atoms with E-state index in [9.17, 15) is 18.0 Å². The van der Waals surface area contributed by atoms with Gasteiger partial charge in [-0.2, -0.15) is 0 Å². The standard InChI is InChI=1S/C12H13N3O4S/c1-12(5-20(18,19)6-12)13-10(16)7-2-3-9-8(4-7)11(17)15-14-9/h2-4H,5-6H2,1H3,(H,13,16)(H2,14,15,17). The number of hydrogen-bond acceptors (Lipinski definition) is 4. The van der Waals surface area contributed by atoms with Crippen LogP contribution in [0.25, 0.3) is 10.9 Å². The van der Waals surface area contributed by atoms with Crippen molar-refractivity contribution in [3.05, 3.63) is 34.1 Å². The number of carbonyl (C=O) groups excluding carboxylic acids is 1. The van der Waals surface area contributed by atoms with Crippen molar-refractivity contribution in [1.82, 2.24) is 15.5 Å². The van der Waals surface area contributed by atoms with Crippen LogP contribution in [0, 0.1) is 0 Å². The zero-order valence-corrected chi connectivity index (χ0v) is 11.5. The molecule has 1 saturated heterocycles. The van der Waals surface area contributed by atoms with Crippen LogP contribution in [-0.4, -0.2) is 41.6 Å². The van der Waals surface area contributed by atoms with Crippen LogP contribution < -0.4 is 10.9 Å². The van der Waals surface area contributed by atoms with E-state index in [4.69, 9.17) is 0 Å². The Morgan fingerprint density at radius 3 is 2.65 bits per heavy atom. The van der Waals surface area contributed by atoms with E-state index in [2.05, 4.69) is 15.5 Å². The first-order valence-corrected chi connectivity index (χ1v) is 7.84. The van der Waals surface area contributed by atoms with E-state index < -0.39 is 15.4 Å². The lowest BCUT2D eigenvalue weighted by Crippen LogP contribution is -2.63. The predicted molar refractivity (Wildman–Crippen MR) is 73.4 cm³/mol. The van der Waals surface area contributed by atoms with Gasteiger partial charge in [0.15, 0.2) is 9.84 Å².